The lowest BCUT2D eigenvalue weighted by Crippen LogP contribution is -1.98. The van der Waals surface area contributed by atoms with Crippen LogP contribution in [0.5, 0.6) is 0 Å². The van der Waals surface area contributed by atoms with Crippen molar-refractivity contribution in [2.45, 2.75) is 19.3 Å². The van der Waals surface area contributed by atoms with Crippen LogP contribution in [0.15, 0.2) is 35.5 Å². The van der Waals surface area contributed by atoms with Gasteiger partial charge in [-0.15, -0.1) is 11.3 Å². The smallest absolute Gasteiger partial charge is 0.132 e. The van der Waals surface area contributed by atoms with Crippen molar-refractivity contribution in [1.29, 1.82) is 0 Å². The summed E-state index contributed by atoms with van der Waals surface area (Å²) in [5.41, 5.74) is 8.53. The summed E-state index contributed by atoms with van der Waals surface area (Å²) in [6, 6.07) is 8.34. The lowest BCUT2D eigenvalue weighted by atomic mass is 10.1. The number of ether oxygens (including phenoxy) is 1. The van der Waals surface area contributed by atoms with Crippen LogP contribution in [0.2, 0.25) is 0 Å². The summed E-state index contributed by atoms with van der Waals surface area (Å²) >= 11 is 1.74. The second-order valence-corrected chi connectivity index (χ2v) is 7.07. The Balaban J connectivity index is 1.94. The van der Waals surface area contributed by atoms with Crippen LogP contribution in [0.3, 0.4) is 0 Å². The minimum absolute atomic E-state index is 0.466. The summed E-state index contributed by atoms with van der Waals surface area (Å²) in [4.78, 5) is 15.5. The van der Waals surface area contributed by atoms with Crippen molar-refractivity contribution >= 4 is 33.6 Å². The molecular weight excluding hydrogens is 332 g/mol. The van der Waals surface area contributed by atoms with E-state index in [2.05, 4.69) is 29.0 Å². The summed E-state index contributed by atoms with van der Waals surface area (Å²) in [6.45, 7) is 3.00. The van der Waals surface area contributed by atoms with Crippen LogP contribution in [-0.2, 0) is 4.74 Å². The largest absolute Gasteiger partial charge is 0.385 e. The highest BCUT2D eigenvalue weighted by Crippen LogP contribution is 2.33. The molecule has 3 aromatic rings. The van der Waals surface area contributed by atoms with Crippen LogP contribution in [0.25, 0.3) is 21.5 Å². The molecule has 0 aliphatic rings. The maximum Gasteiger partial charge on any atom is 0.132 e. The zero-order valence-electron chi connectivity index (χ0n) is 14.7. The number of anilines is 1. The van der Waals surface area contributed by atoms with E-state index in [1.807, 2.05) is 12.1 Å². The maximum absolute atomic E-state index is 5.89. The van der Waals surface area contributed by atoms with E-state index in [9.17, 15) is 0 Å². The van der Waals surface area contributed by atoms with Gasteiger partial charge in [0.1, 0.15) is 10.6 Å². The second-order valence-electron chi connectivity index (χ2n) is 6.01. The molecule has 25 heavy (non-hydrogen) atoms. The molecule has 0 bridgehead atoms. The van der Waals surface area contributed by atoms with Gasteiger partial charge >= 0.3 is 0 Å². The molecule has 1 atom stereocenters. The first-order valence-electron chi connectivity index (χ1n) is 8.20. The Kier molecular flexibility index (Phi) is 5.40. The summed E-state index contributed by atoms with van der Waals surface area (Å²) in [5, 5.41) is 1.17. The molecule has 2 N–H and O–H groups in total. The van der Waals surface area contributed by atoms with Crippen molar-refractivity contribution in [3.63, 3.8) is 0 Å². The van der Waals surface area contributed by atoms with E-state index in [4.69, 9.17) is 15.5 Å². The fourth-order valence-electron chi connectivity index (χ4n) is 2.65. The number of thiophene rings is 1. The first-order chi connectivity index (χ1) is 12.1. The van der Waals surface area contributed by atoms with Gasteiger partial charge in [-0.25, -0.2) is 9.97 Å². The average Bonchev–Trinajstić information content (AvgIpc) is 3.05. The first kappa shape index (κ1) is 17.5. The van der Waals surface area contributed by atoms with Crippen molar-refractivity contribution in [3.8, 4) is 11.3 Å². The van der Waals surface area contributed by atoms with Gasteiger partial charge in [0.15, 0.2) is 0 Å². The zero-order valence-corrected chi connectivity index (χ0v) is 15.5. The van der Waals surface area contributed by atoms with Gasteiger partial charge in [-0.1, -0.05) is 6.92 Å². The van der Waals surface area contributed by atoms with E-state index in [-0.39, 0.29) is 0 Å². The molecule has 0 aromatic carbocycles. The highest BCUT2D eigenvalue weighted by molar-refractivity contribution is 7.18. The maximum atomic E-state index is 5.89. The van der Waals surface area contributed by atoms with Crippen LogP contribution < -0.4 is 5.73 Å². The molecule has 3 aromatic heterocycles. The first-order valence-corrected chi connectivity index (χ1v) is 9.01. The number of nitrogens with zero attached hydrogens (tertiary/aromatic N) is 3. The molecule has 5 nitrogen and oxygen atoms in total. The Bertz CT molecular complexity index is 904. The Hall–Kier alpha value is -2.31. The standard InChI is InChI=1S/C19H22N4OS/c1-12(6-7-24-3)17-9-13-4-5-16(23-19(13)25-17)14-8-15(10-21-2)18(20)22-11-14/h4-5,8-12H,6-7H2,1-3H3,(H2,20,22). The van der Waals surface area contributed by atoms with Gasteiger partial charge in [0.05, 0.1) is 5.69 Å². The number of hydrogen-bond donors (Lipinski definition) is 1. The Morgan fingerprint density at radius 3 is 2.96 bits per heavy atom. The summed E-state index contributed by atoms with van der Waals surface area (Å²) in [6.07, 6.45) is 4.48. The number of methoxy groups -OCH3 is 1. The molecule has 0 saturated carbocycles. The van der Waals surface area contributed by atoms with Gasteiger partial charge in [0, 0.05) is 54.6 Å². The second kappa shape index (κ2) is 7.72. The molecule has 0 aliphatic carbocycles. The number of pyridine rings is 2. The van der Waals surface area contributed by atoms with Crippen LogP contribution in [0.4, 0.5) is 5.82 Å². The summed E-state index contributed by atoms with van der Waals surface area (Å²) < 4.78 is 5.19. The van der Waals surface area contributed by atoms with Crippen LogP contribution in [0.1, 0.15) is 29.7 Å². The molecule has 0 amide bonds. The van der Waals surface area contributed by atoms with Gasteiger partial charge in [0.25, 0.3) is 0 Å². The quantitative estimate of drug-likeness (QED) is 0.676. The van der Waals surface area contributed by atoms with Crippen LogP contribution in [0, 0.1) is 0 Å². The molecule has 3 rings (SSSR count). The highest BCUT2D eigenvalue weighted by atomic mass is 32.1. The van der Waals surface area contributed by atoms with E-state index in [0.717, 1.165) is 34.7 Å². The molecule has 0 spiro atoms. The SMILES string of the molecule is CN=Cc1cc(-c2ccc3cc(C(C)CCOC)sc3n2)cnc1N. The van der Waals surface area contributed by atoms with Crippen molar-refractivity contribution in [2.75, 3.05) is 26.5 Å². The fraction of sp³-hybridized carbons (Fsp3) is 0.316. The molecule has 1 unspecified atom stereocenters. The molecule has 6 heteroatoms. The van der Waals surface area contributed by atoms with Gasteiger partial charge in [-0.05, 0) is 36.6 Å². The fourth-order valence-corrected chi connectivity index (χ4v) is 3.77. The lowest BCUT2D eigenvalue weighted by Gasteiger charge is -2.06. The topological polar surface area (TPSA) is 73.4 Å². The number of hydrogen-bond acceptors (Lipinski definition) is 6. The molecule has 0 radical (unpaired) electrons. The monoisotopic (exact) mass is 354 g/mol. The van der Waals surface area contributed by atoms with Crippen molar-refractivity contribution in [3.05, 3.63) is 40.9 Å². The highest BCUT2D eigenvalue weighted by Gasteiger charge is 2.12. The van der Waals surface area contributed by atoms with Crippen LogP contribution in [-0.4, -0.2) is 36.9 Å². The van der Waals surface area contributed by atoms with Gasteiger partial charge < -0.3 is 10.5 Å². The van der Waals surface area contributed by atoms with Crippen molar-refractivity contribution in [1.82, 2.24) is 9.97 Å². The van der Waals surface area contributed by atoms with E-state index < -0.39 is 0 Å². The third-order valence-corrected chi connectivity index (χ3v) is 5.43. The van der Waals surface area contributed by atoms with Gasteiger partial charge in [-0.2, -0.15) is 0 Å². The van der Waals surface area contributed by atoms with Crippen molar-refractivity contribution in [2.24, 2.45) is 4.99 Å². The minimum Gasteiger partial charge on any atom is -0.385 e. The Morgan fingerprint density at radius 1 is 1.36 bits per heavy atom. The number of nitrogen functional groups attached to an aromatic ring is 1. The number of aliphatic imine (C=N–C) groups is 1. The molecule has 130 valence electrons. The summed E-state index contributed by atoms with van der Waals surface area (Å²) in [7, 11) is 3.46. The number of nitrogens with two attached hydrogens (primary N) is 1. The normalized spacial score (nSPS) is 12.9. The van der Waals surface area contributed by atoms with E-state index in [0.29, 0.717) is 11.7 Å². The van der Waals surface area contributed by atoms with Gasteiger partial charge in [-0.3, -0.25) is 4.99 Å². The third kappa shape index (κ3) is 3.86. The molecule has 3 heterocycles. The number of fused-ring (bicyclic) bond motifs is 1. The molecule has 0 fully saturated rings. The van der Waals surface area contributed by atoms with Crippen molar-refractivity contribution < 1.29 is 4.74 Å². The number of aromatic nitrogens is 2. The predicted molar refractivity (Wildman–Crippen MR) is 106 cm³/mol. The molecule has 0 aliphatic heterocycles. The Morgan fingerprint density at radius 2 is 2.20 bits per heavy atom. The average molecular weight is 354 g/mol. The van der Waals surface area contributed by atoms with Crippen LogP contribution >= 0.6 is 11.3 Å². The third-order valence-electron chi connectivity index (χ3n) is 4.16. The van der Waals surface area contributed by atoms with E-state index in [1.165, 1.54) is 10.3 Å². The van der Waals surface area contributed by atoms with E-state index in [1.54, 1.807) is 37.9 Å². The lowest BCUT2D eigenvalue weighted by molar-refractivity contribution is 0.189. The molecular formula is C19H22N4OS. The predicted octanol–water partition coefficient (Wildman–Crippen LogP) is 4.13. The number of rotatable bonds is 6. The van der Waals surface area contributed by atoms with E-state index >= 15 is 0 Å². The Labute approximate surface area is 151 Å². The zero-order chi connectivity index (χ0) is 17.8. The molecule has 0 saturated heterocycles. The van der Waals surface area contributed by atoms with Gasteiger partial charge in [0.2, 0.25) is 0 Å². The minimum atomic E-state index is 0.466. The summed E-state index contributed by atoms with van der Waals surface area (Å²) in [5.74, 6) is 0.939.